The van der Waals surface area contributed by atoms with Crippen LogP contribution in [-0.2, 0) is 29.0 Å². The number of nitrogens with zero attached hydrogens (tertiary/aromatic N) is 3. The summed E-state index contributed by atoms with van der Waals surface area (Å²) in [5.41, 5.74) is -1.50. The highest BCUT2D eigenvalue weighted by atomic mass is 32.2. The van der Waals surface area contributed by atoms with Gasteiger partial charge in [0.2, 0.25) is 5.91 Å². The van der Waals surface area contributed by atoms with Gasteiger partial charge in [0.15, 0.2) is 9.84 Å². The van der Waals surface area contributed by atoms with Crippen molar-refractivity contribution in [2.45, 2.75) is 28.3 Å². The first-order chi connectivity index (χ1) is 14.0. The maximum Gasteiger partial charge on any atom is 0.352 e. The number of amides is 2. The number of carbonyl (C=O) groups excluding carboxylic acids is 2. The van der Waals surface area contributed by atoms with Gasteiger partial charge < -0.3 is 15.2 Å². The van der Waals surface area contributed by atoms with Crippen LogP contribution in [0.15, 0.2) is 22.5 Å². The minimum atomic E-state index is -3.62. The van der Waals surface area contributed by atoms with E-state index in [9.17, 15) is 27.9 Å². The zero-order valence-electron chi connectivity index (χ0n) is 16.1. The summed E-state index contributed by atoms with van der Waals surface area (Å²) in [6, 6.07) is 0. The number of methoxy groups -OCH3 is 1. The molecule has 0 spiro atoms. The highest BCUT2D eigenvalue weighted by Gasteiger charge is 2.66. The van der Waals surface area contributed by atoms with E-state index in [4.69, 9.17) is 4.74 Å². The van der Waals surface area contributed by atoms with Crippen molar-refractivity contribution >= 4 is 51.1 Å². The van der Waals surface area contributed by atoms with Crippen LogP contribution in [0.2, 0.25) is 0 Å². The molecule has 0 radical (unpaired) electrons. The molecule has 164 valence electrons. The number of carboxylic acids is 1. The number of sulfone groups is 1. The van der Waals surface area contributed by atoms with E-state index in [1.54, 1.807) is 6.92 Å². The Bertz CT molecular complexity index is 1010. The minimum absolute atomic E-state index is 0.183. The predicted molar refractivity (Wildman–Crippen MR) is 107 cm³/mol. The van der Waals surface area contributed by atoms with Gasteiger partial charge in [-0.05, 0) is 12.5 Å². The summed E-state index contributed by atoms with van der Waals surface area (Å²) in [5, 5.41) is 21.6. The van der Waals surface area contributed by atoms with Crippen molar-refractivity contribution in [1.29, 1.82) is 0 Å². The minimum Gasteiger partial charge on any atom is -0.477 e. The van der Waals surface area contributed by atoms with Gasteiger partial charge in [0.05, 0.1) is 6.20 Å². The molecule has 15 heteroatoms. The quantitative estimate of drug-likeness (QED) is 0.239. The standard InChI is InChI=1S/C15H19N5O7S3/c1-7(29-10-4-16-19-18-10)8-5-28-14-15(27-2,17-9(21)6-30(3,25)26)13(24)20(14)11(8)12(22)23/h4,7,14H,5-6H2,1-3H3,(H,17,21)(H,22,23)(H,16,18,19)/t7?,14-,15-/m0/s1. The molecule has 0 aromatic carbocycles. The predicted octanol–water partition coefficient (Wildman–Crippen LogP) is -0.957. The number of carboxylic acid groups (broad SMARTS) is 1. The monoisotopic (exact) mass is 477 g/mol. The lowest BCUT2D eigenvalue weighted by Gasteiger charge is -2.56. The lowest BCUT2D eigenvalue weighted by molar-refractivity contribution is -0.192. The van der Waals surface area contributed by atoms with Crippen LogP contribution in [-0.4, -0.2) is 92.8 Å². The summed E-state index contributed by atoms with van der Waals surface area (Å²) in [6.45, 7) is 1.79. The fraction of sp³-hybridized carbons (Fsp3) is 0.533. The van der Waals surface area contributed by atoms with Crippen LogP contribution in [0.1, 0.15) is 6.92 Å². The van der Waals surface area contributed by atoms with Crippen molar-refractivity contribution in [1.82, 2.24) is 25.6 Å². The molecule has 2 aliphatic heterocycles. The summed E-state index contributed by atoms with van der Waals surface area (Å²) in [6.07, 6.45) is 2.39. The molecule has 0 aliphatic carbocycles. The molecule has 1 saturated heterocycles. The Morgan fingerprint density at radius 3 is 2.80 bits per heavy atom. The third-order valence-electron chi connectivity index (χ3n) is 4.48. The number of fused-ring (bicyclic) bond motifs is 1. The molecular weight excluding hydrogens is 458 g/mol. The number of aliphatic carboxylic acids is 1. The second-order valence-corrected chi connectivity index (χ2v) is 11.2. The Morgan fingerprint density at radius 1 is 1.57 bits per heavy atom. The van der Waals surface area contributed by atoms with Crippen molar-refractivity contribution in [3.05, 3.63) is 17.5 Å². The van der Waals surface area contributed by atoms with Crippen molar-refractivity contribution in [3.8, 4) is 0 Å². The molecule has 2 amide bonds. The van der Waals surface area contributed by atoms with Gasteiger partial charge in [-0.15, -0.1) is 16.9 Å². The average molecular weight is 478 g/mol. The molecular formula is C15H19N5O7S3. The number of rotatable bonds is 8. The molecule has 30 heavy (non-hydrogen) atoms. The van der Waals surface area contributed by atoms with Crippen LogP contribution in [0, 0.1) is 0 Å². The number of hydrogen-bond acceptors (Lipinski definition) is 10. The van der Waals surface area contributed by atoms with Crippen molar-refractivity contribution < 1.29 is 32.6 Å². The number of thioether (sulfide) groups is 2. The third kappa shape index (κ3) is 4.06. The molecule has 12 nitrogen and oxygen atoms in total. The Balaban J connectivity index is 1.88. The number of nitrogens with one attached hydrogen (secondary N) is 2. The zero-order chi connectivity index (χ0) is 22.3. The van der Waals surface area contributed by atoms with Crippen LogP contribution in [0.25, 0.3) is 0 Å². The van der Waals surface area contributed by atoms with Crippen LogP contribution < -0.4 is 5.32 Å². The molecule has 1 aromatic rings. The molecule has 3 N–H and O–H groups in total. The molecule has 1 aromatic heterocycles. The SMILES string of the molecule is CO[C@@]1(NC(=O)CS(C)(=O)=O)C(=O)N2C(C(=O)O)=C(C(C)Sc3cn[nH]n3)CS[C@H]21. The van der Waals surface area contributed by atoms with Gasteiger partial charge in [-0.25, -0.2) is 13.2 Å². The van der Waals surface area contributed by atoms with E-state index >= 15 is 0 Å². The molecule has 3 rings (SSSR count). The number of aromatic nitrogens is 3. The number of β-lactam (4-membered cyclic amide) rings is 1. The maximum atomic E-state index is 12.9. The van der Waals surface area contributed by atoms with E-state index in [1.807, 2.05) is 0 Å². The lowest BCUT2D eigenvalue weighted by Crippen LogP contribution is -2.81. The van der Waals surface area contributed by atoms with E-state index in [-0.39, 0.29) is 16.7 Å². The number of ether oxygens (including phenoxy) is 1. The van der Waals surface area contributed by atoms with Gasteiger partial charge in [0, 0.05) is 24.4 Å². The zero-order valence-corrected chi connectivity index (χ0v) is 18.6. The summed E-state index contributed by atoms with van der Waals surface area (Å²) in [7, 11) is -2.43. The second kappa shape index (κ2) is 8.20. The molecule has 0 saturated carbocycles. The van der Waals surface area contributed by atoms with Gasteiger partial charge in [0.25, 0.3) is 11.6 Å². The van der Waals surface area contributed by atoms with Crippen molar-refractivity contribution in [2.75, 3.05) is 24.9 Å². The smallest absolute Gasteiger partial charge is 0.352 e. The van der Waals surface area contributed by atoms with E-state index < -0.39 is 44.5 Å². The van der Waals surface area contributed by atoms with Gasteiger partial charge in [0.1, 0.15) is 21.8 Å². The molecule has 3 heterocycles. The highest BCUT2D eigenvalue weighted by molar-refractivity contribution is 8.01. The van der Waals surface area contributed by atoms with Gasteiger partial charge in [-0.2, -0.15) is 10.3 Å². The first-order valence-electron chi connectivity index (χ1n) is 8.48. The van der Waals surface area contributed by atoms with Gasteiger partial charge >= 0.3 is 5.97 Å². The fourth-order valence-corrected chi connectivity index (χ4v) is 6.32. The number of hydrogen-bond donors (Lipinski definition) is 3. The van der Waals surface area contributed by atoms with Crippen molar-refractivity contribution in [2.24, 2.45) is 0 Å². The molecule has 2 aliphatic rings. The maximum absolute atomic E-state index is 12.9. The van der Waals surface area contributed by atoms with E-state index in [1.165, 1.54) is 36.8 Å². The summed E-state index contributed by atoms with van der Waals surface area (Å²) in [4.78, 5) is 38.1. The van der Waals surface area contributed by atoms with Crippen LogP contribution >= 0.6 is 23.5 Å². The third-order valence-corrected chi connectivity index (χ3v) is 7.68. The van der Waals surface area contributed by atoms with E-state index in [0.29, 0.717) is 10.6 Å². The Labute approximate surface area is 180 Å². The van der Waals surface area contributed by atoms with Crippen LogP contribution in [0.3, 0.4) is 0 Å². The summed E-state index contributed by atoms with van der Waals surface area (Å²) in [5.74, 6) is -3.54. The largest absolute Gasteiger partial charge is 0.477 e. The Morgan fingerprint density at radius 2 is 2.27 bits per heavy atom. The fourth-order valence-electron chi connectivity index (χ4n) is 3.20. The Kier molecular flexibility index (Phi) is 6.18. The molecule has 1 unspecified atom stereocenters. The van der Waals surface area contributed by atoms with E-state index in [0.717, 1.165) is 11.2 Å². The molecule has 3 atom stereocenters. The molecule has 1 fully saturated rings. The van der Waals surface area contributed by atoms with Gasteiger partial charge in [-0.1, -0.05) is 11.8 Å². The normalized spacial score (nSPS) is 24.8. The summed E-state index contributed by atoms with van der Waals surface area (Å²) < 4.78 is 28.0. The van der Waals surface area contributed by atoms with Crippen LogP contribution in [0.4, 0.5) is 0 Å². The first-order valence-corrected chi connectivity index (χ1v) is 12.5. The highest BCUT2D eigenvalue weighted by Crippen LogP contribution is 2.48. The van der Waals surface area contributed by atoms with Gasteiger partial charge in [-0.3, -0.25) is 14.5 Å². The number of aromatic amines is 1. The molecule has 0 bridgehead atoms. The number of carbonyl (C=O) groups is 3. The van der Waals surface area contributed by atoms with Crippen molar-refractivity contribution in [3.63, 3.8) is 0 Å². The second-order valence-electron chi connectivity index (χ2n) is 6.64. The average Bonchev–Trinajstić information content (AvgIpc) is 3.15. The topological polar surface area (TPSA) is 172 Å². The first kappa shape index (κ1) is 22.6. The van der Waals surface area contributed by atoms with E-state index in [2.05, 4.69) is 20.7 Å². The number of H-pyrrole nitrogens is 1. The lowest BCUT2D eigenvalue weighted by atomic mass is 9.97. The summed E-state index contributed by atoms with van der Waals surface area (Å²) >= 11 is 2.50. The van der Waals surface area contributed by atoms with Crippen LogP contribution in [0.5, 0.6) is 0 Å². The Hall–Kier alpha value is -2.10.